The molecule has 3 heterocycles. The number of hydrogen-bond donors (Lipinski definition) is 2. The molecule has 1 aromatic heterocycles. The van der Waals surface area contributed by atoms with Crippen molar-refractivity contribution in [1.82, 2.24) is 9.29 Å². The van der Waals surface area contributed by atoms with Gasteiger partial charge < -0.3 is 29.4 Å². The first kappa shape index (κ1) is 36.4. The van der Waals surface area contributed by atoms with Gasteiger partial charge in [-0.15, -0.1) is 0 Å². The molecule has 278 valence electrons. The van der Waals surface area contributed by atoms with Crippen LogP contribution in [-0.2, 0) is 35.4 Å². The molecule has 0 spiro atoms. The first-order valence-corrected chi connectivity index (χ1v) is 19.8. The Bertz CT molecular complexity index is 1850. The summed E-state index contributed by atoms with van der Waals surface area (Å²) in [5.41, 5.74) is -0.849. The maximum atomic E-state index is 15.3. The molecule has 0 radical (unpaired) electrons. The molecule has 51 heavy (non-hydrogen) atoms. The Balaban J connectivity index is 1.12. The average molecular weight is 750 g/mol. The molecule has 15 heteroatoms. The minimum Gasteiger partial charge on any atom is -0.494 e. The highest BCUT2D eigenvalue weighted by Crippen LogP contribution is 2.50. The van der Waals surface area contributed by atoms with E-state index < -0.39 is 52.6 Å². The molecular formula is C36H45F2N3O8S2. The number of sulfonamides is 1. The topological polar surface area (TPSA) is 137 Å². The van der Waals surface area contributed by atoms with Crippen molar-refractivity contribution in [2.45, 2.75) is 87.5 Å². The Morgan fingerprint density at radius 1 is 1.20 bits per heavy atom. The summed E-state index contributed by atoms with van der Waals surface area (Å²) in [6.07, 6.45) is 1.22. The molecule has 4 fully saturated rings. The lowest BCUT2D eigenvalue weighted by Crippen LogP contribution is -2.46. The lowest BCUT2D eigenvalue weighted by Gasteiger charge is -2.33. The number of aliphatic hydroxyl groups excluding tert-OH is 1. The number of ether oxygens (including phenoxy) is 4. The second-order valence-electron chi connectivity index (χ2n) is 14.9. The number of hydrogen-bond acceptors (Lipinski definition) is 11. The number of thiazole rings is 1. The largest absolute Gasteiger partial charge is 0.494 e. The highest BCUT2D eigenvalue weighted by atomic mass is 32.2. The van der Waals surface area contributed by atoms with Gasteiger partial charge in [-0.2, -0.15) is 4.31 Å². The van der Waals surface area contributed by atoms with Crippen LogP contribution in [0.15, 0.2) is 41.3 Å². The van der Waals surface area contributed by atoms with E-state index in [1.54, 1.807) is 12.1 Å². The quantitative estimate of drug-likeness (QED) is 0.197. The average Bonchev–Trinajstić information content (AvgIpc) is 3.48. The van der Waals surface area contributed by atoms with Crippen molar-refractivity contribution >= 4 is 42.7 Å². The number of anilines is 1. The van der Waals surface area contributed by atoms with Crippen LogP contribution < -0.4 is 10.1 Å². The molecule has 7 atom stereocenters. The van der Waals surface area contributed by atoms with Gasteiger partial charge in [0.15, 0.2) is 23.0 Å². The number of carbonyl (C=O) groups excluding carboxylic acids is 1. The van der Waals surface area contributed by atoms with Crippen molar-refractivity contribution in [3.05, 3.63) is 47.8 Å². The van der Waals surface area contributed by atoms with Crippen LogP contribution in [0, 0.1) is 29.5 Å². The van der Waals surface area contributed by atoms with Crippen LogP contribution in [0.4, 0.5) is 13.9 Å². The fourth-order valence-electron chi connectivity index (χ4n) is 7.77. The monoisotopic (exact) mass is 749 g/mol. The summed E-state index contributed by atoms with van der Waals surface area (Å²) in [4.78, 5) is 18.1. The Hall–Kier alpha value is -2.95. The number of benzene rings is 2. The molecular weight excluding hydrogens is 705 g/mol. The predicted molar refractivity (Wildman–Crippen MR) is 186 cm³/mol. The van der Waals surface area contributed by atoms with Gasteiger partial charge >= 0.3 is 5.97 Å². The van der Waals surface area contributed by atoms with Crippen LogP contribution in [0.2, 0.25) is 0 Å². The van der Waals surface area contributed by atoms with Crippen LogP contribution >= 0.6 is 11.3 Å². The molecule has 3 aromatic rings. The molecule has 2 N–H and O–H groups in total. The first-order chi connectivity index (χ1) is 24.3. The molecule has 2 aliphatic carbocycles. The second-order valence-corrected chi connectivity index (χ2v) is 17.9. The number of alkyl halides is 1. The van der Waals surface area contributed by atoms with Crippen molar-refractivity contribution in [1.29, 1.82) is 0 Å². The molecule has 2 aliphatic heterocycles. The van der Waals surface area contributed by atoms with E-state index in [0.717, 1.165) is 23.6 Å². The molecule has 2 saturated heterocycles. The number of aromatic nitrogens is 1. The molecule has 11 nitrogen and oxygen atoms in total. The summed E-state index contributed by atoms with van der Waals surface area (Å²) >= 11 is 1.34. The fraction of sp³-hybridized carbons (Fsp3) is 0.611. The molecule has 0 amide bonds. The molecule has 0 bridgehead atoms. The van der Waals surface area contributed by atoms with E-state index in [1.165, 1.54) is 56.6 Å². The number of aliphatic hydroxyl groups is 1. The van der Waals surface area contributed by atoms with Crippen LogP contribution in [0.25, 0.3) is 10.2 Å². The smallest absolute Gasteiger partial charge is 0.306 e. The van der Waals surface area contributed by atoms with E-state index in [9.17, 15) is 22.7 Å². The number of nitrogens with one attached hydrogen (secondary N) is 1. The van der Waals surface area contributed by atoms with E-state index in [1.807, 2.05) is 0 Å². The SMILES string of the molecule is COc1ccc(CC(CC(=O)O[C@@H]2CC3CO[C@@H]4OCCC2[C@H]34)[C@H](O)CN(CC(C)(C)F)S(=O)(=O)c2ccc3nc(NC4CC4)sc3c2)cc1F. The summed E-state index contributed by atoms with van der Waals surface area (Å²) in [7, 11) is -2.98. The van der Waals surface area contributed by atoms with Gasteiger partial charge in [-0.3, -0.25) is 4.79 Å². The third-order valence-corrected chi connectivity index (χ3v) is 13.1. The molecule has 2 aromatic carbocycles. The van der Waals surface area contributed by atoms with E-state index in [0.29, 0.717) is 46.6 Å². The number of esters is 1. The van der Waals surface area contributed by atoms with Gasteiger partial charge in [-0.1, -0.05) is 17.4 Å². The zero-order valence-electron chi connectivity index (χ0n) is 28.9. The Morgan fingerprint density at radius 2 is 2.00 bits per heavy atom. The Labute approximate surface area is 300 Å². The summed E-state index contributed by atoms with van der Waals surface area (Å²) in [5, 5.41) is 15.8. The number of rotatable bonds is 15. The molecule has 4 aliphatic rings. The molecule has 2 saturated carbocycles. The predicted octanol–water partition coefficient (Wildman–Crippen LogP) is 5.31. The molecule has 3 unspecified atom stereocenters. The van der Waals surface area contributed by atoms with Gasteiger partial charge in [0.2, 0.25) is 10.0 Å². The highest BCUT2D eigenvalue weighted by Gasteiger charge is 2.55. The normalized spacial score (nSPS) is 25.9. The third kappa shape index (κ3) is 8.18. The van der Waals surface area contributed by atoms with Gasteiger partial charge in [0.1, 0.15) is 11.8 Å². The highest BCUT2D eigenvalue weighted by molar-refractivity contribution is 7.89. The second kappa shape index (κ2) is 14.5. The summed E-state index contributed by atoms with van der Waals surface area (Å²) in [6, 6.07) is 9.29. The summed E-state index contributed by atoms with van der Waals surface area (Å²) in [6.45, 7) is 2.54. The van der Waals surface area contributed by atoms with Gasteiger partial charge in [-0.25, -0.2) is 22.2 Å². The minimum absolute atomic E-state index is 0.0246. The Kier molecular flexibility index (Phi) is 10.3. The number of fused-ring (bicyclic) bond motifs is 1. The van der Waals surface area contributed by atoms with Gasteiger partial charge in [0.05, 0.1) is 48.0 Å². The van der Waals surface area contributed by atoms with Crippen LogP contribution in [0.3, 0.4) is 0 Å². The zero-order valence-corrected chi connectivity index (χ0v) is 30.6. The zero-order chi connectivity index (χ0) is 36.1. The maximum Gasteiger partial charge on any atom is 0.306 e. The van der Waals surface area contributed by atoms with Crippen LogP contribution in [0.1, 0.15) is 51.5 Å². The Morgan fingerprint density at radius 3 is 2.73 bits per heavy atom. The van der Waals surface area contributed by atoms with E-state index in [4.69, 9.17) is 18.9 Å². The number of halogens is 2. The van der Waals surface area contributed by atoms with Crippen molar-refractivity contribution in [2.24, 2.45) is 23.7 Å². The number of methoxy groups -OCH3 is 1. The summed E-state index contributed by atoms with van der Waals surface area (Å²) < 4.78 is 82.6. The maximum absolute atomic E-state index is 15.3. The number of carbonyl (C=O) groups is 1. The molecule has 7 rings (SSSR count). The van der Waals surface area contributed by atoms with Crippen LogP contribution in [-0.4, -0.2) is 92.4 Å². The fourth-order valence-corrected chi connectivity index (χ4v) is 10.5. The van der Waals surface area contributed by atoms with Crippen molar-refractivity contribution < 1.29 is 46.0 Å². The van der Waals surface area contributed by atoms with E-state index in [2.05, 4.69) is 10.3 Å². The van der Waals surface area contributed by atoms with Gasteiger partial charge in [0, 0.05) is 36.9 Å². The lowest BCUT2D eigenvalue weighted by atomic mass is 9.86. The van der Waals surface area contributed by atoms with E-state index >= 15 is 4.39 Å². The van der Waals surface area contributed by atoms with Gasteiger partial charge in [-0.05, 0) is 87.8 Å². The number of nitrogens with zero attached hydrogens (tertiary/aromatic N) is 2. The van der Waals surface area contributed by atoms with Crippen molar-refractivity contribution in [3.63, 3.8) is 0 Å². The van der Waals surface area contributed by atoms with Gasteiger partial charge in [0.25, 0.3) is 0 Å². The first-order valence-electron chi connectivity index (χ1n) is 17.6. The standard InChI is InChI=1S/C36H45F2N3O8S2/c1-36(2,38)19-41(51(44,45)24-7-8-27-31(16-24)50-35(40-27)39-23-5-6-23)17-28(42)21(12-20-4-9-29(46-3)26(37)13-20)15-32(43)49-30-14-22-18-48-34-33(22)25(30)10-11-47-34/h4,7-9,13,16,21-23,25,28,30,33-34,42H,5-6,10-12,14-15,17-19H2,1-3H3,(H,39,40)/t21?,22?,25?,28-,30-,33+,34+/m1/s1. The van der Waals surface area contributed by atoms with Crippen molar-refractivity contribution in [2.75, 3.05) is 38.7 Å². The van der Waals surface area contributed by atoms with Crippen LogP contribution in [0.5, 0.6) is 5.75 Å². The van der Waals surface area contributed by atoms with E-state index in [-0.39, 0.29) is 53.6 Å². The van der Waals surface area contributed by atoms with Crippen molar-refractivity contribution in [3.8, 4) is 5.75 Å². The minimum atomic E-state index is -4.33. The summed E-state index contributed by atoms with van der Waals surface area (Å²) in [5.74, 6) is -1.52. The lowest BCUT2D eigenvalue weighted by molar-refractivity contribution is -0.182. The third-order valence-electron chi connectivity index (χ3n) is 10.4.